The summed E-state index contributed by atoms with van der Waals surface area (Å²) in [5, 5.41) is 0. The van der Waals surface area contributed by atoms with Crippen LogP contribution in [0.1, 0.15) is 11.6 Å². The Morgan fingerprint density at radius 3 is 2.77 bits per heavy atom. The number of benzene rings is 1. The number of sulfonamides is 1. The third kappa shape index (κ3) is 3.62. The van der Waals surface area contributed by atoms with Gasteiger partial charge in [0.15, 0.2) is 0 Å². The van der Waals surface area contributed by atoms with Crippen LogP contribution in [-0.2, 0) is 14.8 Å². The second kappa shape index (κ2) is 7.38. The van der Waals surface area contributed by atoms with E-state index in [1.165, 1.54) is 4.31 Å². The van der Waals surface area contributed by atoms with Crippen molar-refractivity contribution in [1.29, 1.82) is 0 Å². The highest BCUT2D eigenvalue weighted by Crippen LogP contribution is 2.33. The Balaban J connectivity index is 1.91. The molecule has 0 unspecified atom stereocenters. The molecule has 2 aromatic rings. The Kier molecular flexibility index (Phi) is 5.36. The summed E-state index contributed by atoms with van der Waals surface area (Å²) < 4.78 is 38.8. The number of aryl methyl sites for hydroxylation is 1. The number of rotatable bonds is 6. The molecule has 1 aliphatic heterocycles. The van der Waals surface area contributed by atoms with Gasteiger partial charge in [0.1, 0.15) is 11.6 Å². The van der Waals surface area contributed by atoms with Crippen LogP contribution in [0.5, 0.6) is 5.75 Å². The molecule has 1 aliphatic rings. The molecule has 1 aromatic heterocycles. The molecule has 2 heterocycles. The van der Waals surface area contributed by atoms with E-state index in [9.17, 15) is 8.42 Å². The second-order valence-electron chi connectivity index (χ2n) is 6.77. The zero-order valence-electron chi connectivity index (χ0n) is 15.5. The maximum Gasteiger partial charge on any atom is 0.214 e. The fourth-order valence-electron chi connectivity index (χ4n) is 3.30. The molecule has 0 N–H and O–H groups in total. The van der Waals surface area contributed by atoms with Crippen molar-refractivity contribution in [2.75, 3.05) is 40.2 Å². The number of aromatic nitrogens is 2. The van der Waals surface area contributed by atoms with E-state index in [1.807, 2.05) is 35.9 Å². The molecule has 2 atom stereocenters. The molecule has 0 saturated carbocycles. The zero-order valence-corrected chi connectivity index (χ0v) is 16.4. The van der Waals surface area contributed by atoms with Gasteiger partial charge < -0.3 is 14.0 Å². The highest BCUT2D eigenvalue weighted by molar-refractivity contribution is 7.89. The minimum absolute atomic E-state index is 0.0595. The topological polar surface area (TPSA) is 73.7 Å². The molecule has 1 fully saturated rings. The third-order valence-electron chi connectivity index (χ3n) is 4.82. The van der Waals surface area contributed by atoms with Crippen molar-refractivity contribution in [3.63, 3.8) is 0 Å². The molecule has 1 aromatic carbocycles. The summed E-state index contributed by atoms with van der Waals surface area (Å²) in [6.07, 6.45) is 3.63. The van der Waals surface area contributed by atoms with E-state index < -0.39 is 10.0 Å². The van der Waals surface area contributed by atoms with E-state index in [2.05, 4.69) is 4.98 Å². The average molecular weight is 379 g/mol. The lowest BCUT2D eigenvalue weighted by Crippen LogP contribution is -2.32. The zero-order chi connectivity index (χ0) is 18.9. The Labute approximate surface area is 154 Å². The largest absolute Gasteiger partial charge is 0.496 e. The van der Waals surface area contributed by atoms with Gasteiger partial charge in [0.05, 0.1) is 32.1 Å². The van der Waals surface area contributed by atoms with Crippen LogP contribution >= 0.6 is 0 Å². The summed E-state index contributed by atoms with van der Waals surface area (Å²) in [5.41, 5.74) is 1.99. The molecule has 3 rings (SSSR count). The predicted octanol–water partition coefficient (Wildman–Crippen LogP) is 1.95. The smallest absolute Gasteiger partial charge is 0.214 e. The maximum absolute atomic E-state index is 12.3. The van der Waals surface area contributed by atoms with Crippen LogP contribution in [0.15, 0.2) is 30.6 Å². The molecule has 0 amide bonds. The summed E-state index contributed by atoms with van der Waals surface area (Å²) in [4.78, 5) is 4.50. The fourth-order valence-corrected chi connectivity index (χ4v) is 4.45. The van der Waals surface area contributed by atoms with Crippen molar-refractivity contribution >= 4 is 10.0 Å². The van der Waals surface area contributed by atoms with Gasteiger partial charge in [-0.05, 0) is 30.7 Å². The monoisotopic (exact) mass is 379 g/mol. The summed E-state index contributed by atoms with van der Waals surface area (Å²) >= 11 is 0. The van der Waals surface area contributed by atoms with Crippen LogP contribution in [-0.4, -0.2) is 62.4 Å². The standard InChI is InChI=1S/C18H25N3O4S/c1-13-9-14(5-6-17(13)24-4)18-19-7-8-21(18)16-11-25-10-15(16)12-26(22,23)20(2)3/h5-9,15-16H,10-12H2,1-4H3/t15-,16+/m0/s1. The average Bonchev–Trinajstić information content (AvgIpc) is 3.22. The van der Waals surface area contributed by atoms with Gasteiger partial charge in [0, 0.05) is 38.0 Å². The lowest BCUT2D eigenvalue weighted by atomic mass is 10.0. The summed E-state index contributed by atoms with van der Waals surface area (Å²) in [6.45, 7) is 2.89. The van der Waals surface area contributed by atoms with Crippen LogP contribution in [0.2, 0.25) is 0 Å². The molecule has 0 spiro atoms. The Morgan fingerprint density at radius 2 is 2.12 bits per heavy atom. The first-order chi connectivity index (χ1) is 12.3. The second-order valence-corrected chi connectivity index (χ2v) is 9.00. The molecule has 26 heavy (non-hydrogen) atoms. The van der Waals surface area contributed by atoms with Crippen molar-refractivity contribution in [1.82, 2.24) is 13.9 Å². The van der Waals surface area contributed by atoms with E-state index in [0.717, 1.165) is 22.7 Å². The van der Waals surface area contributed by atoms with Crippen LogP contribution in [0.25, 0.3) is 11.4 Å². The van der Waals surface area contributed by atoms with Crippen molar-refractivity contribution in [2.24, 2.45) is 5.92 Å². The van der Waals surface area contributed by atoms with Crippen molar-refractivity contribution < 1.29 is 17.9 Å². The number of hydrogen-bond donors (Lipinski definition) is 0. The number of ether oxygens (including phenoxy) is 2. The van der Waals surface area contributed by atoms with Gasteiger partial charge in [-0.1, -0.05) is 0 Å². The first-order valence-electron chi connectivity index (χ1n) is 8.49. The minimum atomic E-state index is -3.30. The molecular formula is C18H25N3O4S. The molecular weight excluding hydrogens is 354 g/mol. The van der Waals surface area contributed by atoms with Crippen LogP contribution < -0.4 is 4.74 Å². The van der Waals surface area contributed by atoms with Crippen molar-refractivity contribution in [3.8, 4) is 17.1 Å². The van der Waals surface area contributed by atoms with Crippen LogP contribution in [0.4, 0.5) is 0 Å². The van der Waals surface area contributed by atoms with Gasteiger partial charge in [-0.2, -0.15) is 0 Å². The molecule has 0 radical (unpaired) electrons. The van der Waals surface area contributed by atoms with Gasteiger partial charge in [-0.3, -0.25) is 0 Å². The summed E-state index contributed by atoms with van der Waals surface area (Å²) in [5.74, 6) is 1.57. The van der Waals surface area contributed by atoms with Crippen LogP contribution in [0.3, 0.4) is 0 Å². The predicted molar refractivity (Wildman–Crippen MR) is 99.8 cm³/mol. The molecule has 1 saturated heterocycles. The normalized spacial score (nSPS) is 20.7. The number of hydrogen-bond acceptors (Lipinski definition) is 5. The third-order valence-corrected chi connectivity index (χ3v) is 6.79. The lowest BCUT2D eigenvalue weighted by molar-refractivity contribution is 0.182. The number of imidazole rings is 1. The van der Waals surface area contributed by atoms with Crippen molar-refractivity contribution in [3.05, 3.63) is 36.2 Å². The van der Waals surface area contributed by atoms with E-state index >= 15 is 0 Å². The van der Waals surface area contributed by atoms with E-state index in [1.54, 1.807) is 27.4 Å². The SMILES string of the molecule is COc1ccc(-c2nccn2[C@@H]2COC[C@H]2CS(=O)(=O)N(C)C)cc1C. The van der Waals surface area contributed by atoms with Crippen molar-refractivity contribution in [2.45, 2.75) is 13.0 Å². The van der Waals surface area contributed by atoms with Gasteiger partial charge in [0.25, 0.3) is 0 Å². The fraction of sp³-hybridized carbons (Fsp3) is 0.500. The molecule has 0 aliphatic carbocycles. The maximum atomic E-state index is 12.3. The Hall–Kier alpha value is -1.90. The Bertz CT molecular complexity index is 876. The lowest BCUT2D eigenvalue weighted by Gasteiger charge is -2.22. The van der Waals surface area contributed by atoms with Gasteiger partial charge in [-0.25, -0.2) is 17.7 Å². The number of methoxy groups -OCH3 is 1. The molecule has 7 nitrogen and oxygen atoms in total. The minimum Gasteiger partial charge on any atom is -0.496 e. The van der Waals surface area contributed by atoms with E-state index in [-0.39, 0.29) is 17.7 Å². The first-order valence-corrected chi connectivity index (χ1v) is 10.1. The highest BCUT2D eigenvalue weighted by atomic mass is 32.2. The molecule has 142 valence electrons. The first kappa shape index (κ1) is 18.9. The van der Waals surface area contributed by atoms with Gasteiger partial charge in [0.2, 0.25) is 10.0 Å². The van der Waals surface area contributed by atoms with E-state index in [0.29, 0.717) is 13.2 Å². The Morgan fingerprint density at radius 1 is 1.35 bits per heavy atom. The van der Waals surface area contributed by atoms with Crippen LogP contribution in [0, 0.1) is 12.8 Å². The highest BCUT2D eigenvalue weighted by Gasteiger charge is 2.35. The quantitative estimate of drug-likeness (QED) is 0.767. The van der Waals surface area contributed by atoms with E-state index in [4.69, 9.17) is 9.47 Å². The molecule has 0 bridgehead atoms. The summed E-state index contributed by atoms with van der Waals surface area (Å²) in [7, 11) is 1.47. The summed E-state index contributed by atoms with van der Waals surface area (Å²) in [6, 6.07) is 5.85. The number of nitrogens with zero attached hydrogens (tertiary/aromatic N) is 3. The van der Waals surface area contributed by atoms with Gasteiger partial charge >= 0.3 is 0 Å². The van der Waals surface area contributed by atoms with Gasteiger partial charge in [-0.15, -0.1) is 0 Å². The molecule has 8 heteroatoms.